The van der Waals surface area contributed by atoms with Gasteiger partial charge in [-0.3, -0.25) is 5.10 Å². The Kier molecular flexibility index (Phi) is 1.90. The van der Waals surface area contributed by atoms with Crippen molar-refractivity contribution in [2.24, 2.45) is 5.73 Å². The molecule has 4 N–H and O–H groups in total. The van der Waals surface area contributed by atoms with Gasteiger partial charge in [-0.05, 0) is 18.6 Å². The van der Waals surface area contributed by atoms with Gasteiger partial charge < -0.3 is 10.7 Å². The van der Waals surface area contributed by atoms with Crippen LogP contribution >= 0.6 is 0 Å². The minimum atomic E-state index is 0.503. The smallest absolute Gasteiger partial charge is 0.0968 e. The fraction of sp³-hybridized carbons (Fsp3) is 0.222. The summed E-state index contributed by atoms with van der Waals surface area (Å²) < 4.78 is 0. The van der Waals surface area contributed by atoms with Gasteiger partial charge in [0, 0.05) is 24.5 Å². The van der Waals surface area contributed by atoms with Crippen molar-refractivity contribution in [1.29, 1.82) is 0 Å². The molecule has 68 valence electrons. The van der Waals surface area contributed by atoms with E-state index in [4.69, 9.17) is 5.73 Å². The molecule has 0 unspecified atom stereocenters. The van der Waals surface area contributed by atoms with Crippen LogP contribution in [0, 0.1) is 6.92 Å². The van der Waals surface area contributed by atoms with Crippen LogP contribution in [-0.2, 0) is 6.54 Å². The lowest BCUT2D eigenvalue weighted by Crippen LogP contribution is -1.98. The molecule has 0 fully saturated rings. The molecule has 4 nitrogen and oxygen atoms in total. The van der Waals surface area contributed by atoms with Gasteiger partial charge in [0.1, 0.15) is 0 Å². The van der Waals surface area contributed by atoms with Crippen LogP contribution in [0.5, 0.6) is 0 Å². The van der Waals surface area contributed by atoms with Gasteiger partial charge >= 0.3 is 0 Å². The van der Waals surface area contributed by atoms with Crippen LogP contribution in [-0.4, -0.2) is 15.2 Å². The molecular formula is C9H12N4. The van der Waals surface area contributed by atoms with E-state index in [1.54, 1.807) is 0 Å². The van der Waals surface area contributed by atoms with Gasteiger partial charge in [-0.15, -0.1) is 0 Å². The fourth-order valence-electron chi connectivity index (χ4n) is 1.38. The lowest BCUT2D eigenvalue weighted by Gasteiger charge is -1.94. The predicted octanol–water partition coefficient (Wildman–Crippen LogP) is 1.17. The monoisotopic (exact) mass is 176 g/mol. The average Bonchev–Trinajstić information content (AvgIpc) is 2.72. The zero-order chi connectivity index (χ0) is 9.26. The summed E-state index contributed by atoms with van der Waals surface area (Å²) in [4.78, 5) is 3.00. The van der Waals surface area contributed by atoms with E-state index >= 15 is 0 Å². The molecule has 0 aliphatic rings. The molecule has 0 aromatic carbocycles. The molecule has 2 rings (SSSR count). The summed E-state index contributed by atoms with van der Waals surface area (Å²) in [7, 11) is 0. The van der Waals surface area contributed by atoms with Crippen molar-refractivity contribution < 1.29 is 0 Å². The van der Waals surface area contributed by atoms with Gasteiger partial charge in [-0.25, -0.2) is 0 Å². The summed E-state index contributed by atoms with van der Waals surface area (Å²) in [6.07, 6.45) is 3.80. The molecular weight excluding hydrogens is 164 g/mol. The molecule has 2 aromatic rings. The normalized spacial score (nSPS) is 10.6. The summed E-state index contributed by atoms with van der Waals surface area (Å²) in [6, 6.07) is 1.99. The minimum Gasteiger partial charge on any atom is -0.367 e. The maximum atomic E-state index is 5.54. The molecule has 0 saturated heterocycles. The lowest BCUT2D eigenvalue weighted by atomic mass is 10.1. The van der Waals surface area contributed by atoms with Crippen LogP contribution < -0.4 is 5.73 Å². The van der Waals surface area contributed by atoms with E-state index in [-0.39, 0.29) is 0 Å². The molecule has 0 amide bonds. The highest BCUT2D eigenvalue weighted by Crippen LogP contribution is 2.21. The quantitative estimate of drug-likeness (QED) is 0.642. The molecule has 0 aliphatic heterocycles. The molecule has 0 spiro atoms. The molecule has 0 bridgehead atoms. The first kappa shape index (κ1) is 8.07. The van der Waals surface area contributed by atoms with E-state index in [0.29, 0.717) is 6.54 Å². The van der Waals surface area contributed by atoms with Gasteiger partial charge in [0.15, 0.2) is 0 Å². The van der Waals surface area contributed by atoms with Gasteiger partial charge in [0.05, 0.1) is 11.4 Å². The Bertz CT molecular complexity index is 386. The number of hydrogen-bond donors (Lipinski definition) is 3. The second-order valence-electron chi connectivity index (χ2n) is 2.98. The van der Waals surface area contributed by atoms with Crippen LogP contribution in [0.1, 0.15) is 11.3 Å². The summed E-state index contributed by atoms with van der Waals surface area (Å²) in [5.41, 5.74) is 9.73. The first-order valence-corrected chi connectivity index (χ1v) is 4.20. The number of aromatic nitrogens is 3. The van der Waals surface area contributed by atoms with E-state index in [1.807, 2.05) is 25.4 Å². The van der Waals surface area contributed by atoms with E-state index < -0.39 is 0 Å². The summed E-state index contributed by atoms with van der Waals surface area (Å²) >= 11 is 0. The zero-order valence-corrected chi connectivity index (χ0v) is 7.46. The lowest BCUT2D eigenvalue weighted by molar-refractivity contribution is 0.941. The highest BCUT2D eigenvalue weighted by Gasteiger charge is 2.09. The van der Waals surface area contributed by atoms with Gasteiger partial charge in [0.25, 0.3) is 0 Å². The second kappa shape index (κ2) is 3.06. The highest BCUT2D eigenvalue weighted by molar-refractivity contribution is 5.62. The molecule has 0 saturated carbocycles. The van der Waals surface area contributed by atoms with Crippen molar-refractivity contribution in [3.05, 3.63) is 29.7 Å². The molecule has 0 atom stereocenters. The van der Waals surface area contributed by atoms with E-state index in [1.165, 1.54) is 0 Å². The van der Waals surface area contributed by atoms with Crippen molar-refractivity contribution in [3.63, 3.8) is 0 Å². The average molecular weight is 176 g/mol. The first-order valence-electron chi connectivity index (χ1n) is 4.20. The molecule has 4 heteroatoms. The van der Waals surface area contributed by atoms with Crippen molar-refractivity contribution in [2.45, 2.75) is 13.5 Å². The number of hydrogen-bond acceptors (Lipinski definition) is 2. The number of nitrogens with one attached hydrogen (secondary N) is 2. The Balaban J connectivity index is 2.48. The summed E-state index contributed by atoms with van der Waals surface area (Å²) in [6.45, 7) is 2.53. The molecule has 0 aliphatic carbocycles. The van der Waals surface area contributed by atoms with Crippen LogP contribution in [0.4, 0.5) is 0 Å². The highest BCUT2D eigenvalue weighted by atomic mass is 15.1. The maximum absolute atomic E-state index is 5.54. The number of H-pyrrole nitrogens is 2. The third-order valence-electron chi connectivity index (χ3n) is 2.19. The third kappa shape index (κ3) is 1.25. The topological polar surface area (TPSA) is 70.5 Å². The van der Waals surface area contributed by atoms with E-state index in [9.17, 15) is 0 Å². The first-order chi connectivity index (χ1) is 6.33. The van der Waals surface area contributed by atoms with Crippen LogP contribution in [0.25, 0.3) is 11.3 Å². The van der Waals surface area contributed by atoms with Crippen molar-refractivity contribution in [1.82, 2.24) is 15.2 Å². The van der Waals surface area contributed by atoms with E-state index in [2.05, 4.69) is 15.2 Å². The van der Waals surface area contributed by atoms with Crippen LogP contribution in [0.3, 0.4) is 0 Å². The molecule has 13 heavy (non-hydrogen) atoms. The third-order valence-corrected chi connectivity index (χ3v) is 2.19. The Morgan fingerprint density at radius 1 is 1.54 bits per heavy atom. The molecule has 2 aromatic heterocycles. The Labute approximate surface area is 76.2 Å². The zero-order valence-electron chi connectivity index (χ0n) is 7.46. The van der Waals surface area contributed by atoms with Gasteiger partial charge in [0.2, 0.25) is 0 Å². The number of nitrogens with two attached hydrogens (primary N) is 1. The molecule has 2 heterocycles. The second-order valence-corrected chi connectivity index (χ2v) is 2.98. The van der Waals surface area contributed by atoms with Gasteiger partial charge in [-0.2, -0.15) is 5.10 Å². The largest absolute Gasteiger partial charge is 0.367 e. The standard InChI is InChI=1S/C9H12N4/c1-6-8(4-10)12-13-9(6)7-2-3-11-5-7/h2-3,5,11H,4,10H2,1H3,(H,12,13). The number of rotatable bonds is 2. The minimum absolute atomic E-state index is 0.503. The fourth-order valence-corrected chi connectivity index (χ4v) is 1.38. The van der Waals surface area contributed by atoms with Crippen molar-refractivity contribution in [3.8, 4) is 11.3 Å². The van der Waals surface area contributed by atoms with E-state index in [0.717, 1.165) is 22.5 Å². The molecule has 0 radical (unpaired) electrons. The SMILES string of the molecule is Cc1c(-c2cc[nH]c2)n[nH]c1CN. The summed E-state index contributed by atoms with van der Waals surface area (Å²) in [5, 5.41) is 7.13. The Hall–Kier alpha value is -1.55. The van der Waals surface area contributed by atoms with Crippen LogP contribution in [0.15, 0.2) is 18.5 Å². The Morgan fingerprint density at radius 3 is 2.92 bits per heavy atom. The van der Waals surface area contributed by atoms with Crippen LogP contribution in [0.2, 0.25) is 0 Å². The number of nitrogens with zero attached hydrogens (tertiary/aromatic N) is 1. The maximum Gasteiger partial charge on any atom is 0.0968 e. The predicted molar refractivity (Wildman–Crippen MR) is 51.0 cm³/mol. The Morgan fingerprint density at radius 2 is 2.38 bits per heavy atom. The number of aromatic amines is 2. The summed E-state index contributed by atoms with van der Waals surface area (Å²) in [5.74, 6) is 0. The van der Waals surface area contributed by atoms with Gasteiger partial charge in [-0.1, -0.05) is 0 Å². The van der Waals surface area contributed by atoms with Crippen molar-refractivity contribution >= 4 is 0 Å². The van der Waals surface area contributed by atoms with Crippen molar-refractivity contribution in [2.75, 3.05) is 0 Å².